The zero-order chi connectivity index (χ0) is 22.6. The Kier molecular flexibility index (Phi) is 8.03. The number of halogens is 2. The fraction of sp³-hybridized carbons (Fsp3) is 0.435. The standard InChI is InChI=1S/C23H28Cl2N2O3S/c1-3-16-8-5-9-17(4-2)22(16)26-23(28)18-10-7-13-27(14-18)31(29,30)15-19-20(24)11-6-12-21(19)25/h5-6,8-9,11-12,18H,3-4,7,10,13-15H2,1-2H3,(H,26,28)/t18-/m1/s1. The van der Waals surface area contributed by atoms with Crippen LogP contribution in [0.2, 0.25) is 10.0 Å². The van der Waals surface area contributed by atoms with Crippen LogP contribution in [0, 0.1) is 5.92 Å². The van der Waals surface area contributed by atoms with Crippen molar-refractivity contribution in [1.82, 2.24) is 4.31 Å². The van der Waals surface area contributed by atoms with Crippen LogP contribution in [0.4, 0.5) is 5.69 Å². The highest BCUT2D eigenvalue weighted by Crippen LogP contribution is 2.30. The molecule has 1 heterocycles. The molecule has 0 aliphatic carbocycles. The second-order valence-electron chi connectivity index (χ2n) is 7.80. The van der Waals surface area contributed by atoms with Gasteiger partial charge < -0.3 is 5.32 Å². The summed E-state index contributed by atoms with van der Waals surface area (Å²) in [6.07, 6.45) is 2.91. The van der Waals surface area contributed by atoms with Crippen LogP contribution in [0.5, 0.6) is 0 Å². The molecule has 31 heavy (non-hydrogen) atoms. The molecule has 1 saturated heterocycles. The molecule has 0 unspecified atom stereocenters. The van der Waals surface area contributed by atoms with Gasteiger partial charge in [0.15, 0.2) is 0 Å². The SMILES string of the molecule is CCc1cccc(CC)c1NC(=O)[C@@H]1CCCN(S(=O)(=O)Cc2c(Cl)cccc2Cl)C1. The average molecular weight is 483 g/mol. The molecule has 0 spiro atoms. The number of anilines is 1. The van der Waals surface area contributed by atoms with Gasteiger partial charge >= 0.3 is 0 Å². The number of amides is 1. The van der Waals surface area contributed by atoms with Crippen LogP contribution in [0.25, 0.3) is 0 Å². The van der Waals surface area contributed by atoms with Crippen LogP contribution >= 0.6 is 23.2 Å². The van der Waals surface area contributed by atoms with E-state index in [4.69, 9.17) is 23.2 Å². The van der Waals surface area contributed by atoms with E-state index in [9.17, 15) is 13.2 Å². The summed E-state index contributed by atoms with van der Waals surface area (Å²) >= 11 is 12.3. The first-order chi connectivity index (χ1) is 14.8. The molecule has 8 heteroatoms. The van der Waals surface area contributed by atoms with E-state index in [1.165, 1.54) is 4.31 Å². The van der Waals surface area contributed by atoms with Gasteiger partial charge in [0, 0.05) is 34.4 Å². The fourth-order valence-corrected chi connectivity index (χ4v) is 6.34. The predicted octanol–water partition coefficient (Wildman–Crippen LogP) is 5.30. The van der Waals surface area contributed by atoms with Crippen molar-refractivity contribution in [2.24, 2.45) is 5.92 Å². The Morgan fingerprint density at radius 2 is 1.65 bits per heavy atom. The van der Waals surface area contributed by atoms with Crippen LogP contribution in [0.3, 0.4) is 0 Å². The molecule has 5 nitrogen and oxygen atoms in total. The maximum absolute atomic E-state index is 13.1. The van der Waals surface area contributed by atoms with Gasteiger partial charge in [0.05, 0.1) is 11.7 Å². The van der Waals surface area contributed by atoms with E-state index >= 15 is 0 Å². The maximum Gasteiger partial charge on any atom is 0.228 e. The molecule has 1 atom stereocenters. The van der Waals surface area contributed by atoms with E-state index in [-0.39, 0.29) is 18.2 Å². The van der Waals surface area contributed by atoms with Crippen molar-refractivity contribution < 1.29 is 13.2 Å². The molecular weight excluding hydrogens is 455 g/mol. The Morgan fingerprint density at radius 1 is 1.06 bits per heavy atom. The first kappa shape index (κ1) is 24.1. The fourth-order valence-electron chi connectivity index (χ4n) is 3.98. The Balaban J connectivity index is 1.75. The minimum absolute atomic E-state index is 0.133. The zero-order valence-corrected chi connectivity index (χ0v) is 20.2. The van der Waals surface area contributed by atoms with Crippen LogP contribution in [-0.2, 0) is 33.4 Å². The molecule has 2 aromatic rings. The smallest absolute Gasteiger partial charge is 0.228 e. The molecule has 3 rings (SSSR count). The number of aryl methyl sites for hydroxylation is 2. The van der Waals surface area contributed by atoms with E-state index in [2.05, 4.69) is 19.2 Å². The zero-order valence-electron chi connectivity index (χ0n) is 17.8. The lowest BCUT2D eigenvalue weighted by Gasteiger charge is -2.31. The van der Waals surface area contributed by atoms with Gasteiger partial charge in [-0.05, 0) is 48.9 Å². The number of nitrogens with one attached hydrogen (secondary N) is 1. The van der Waals surface area contributed by atoms with Crippen molar-refractivity contribution in [2.75, 3.05) is 18.4 Å². The van der Waals surface area contributed by atoms with E-state index in [0.717, 1.165) is 29.7 Å². The van der Waals surface area contributed by atoms with Gasteiger partial charge in [-0.15, -0.1) is 0 Å². The second kappa shape index (κ2) is 10.3. The lowest BCUT2D eigenvalue weighted by atomic mass is 9.97. The summed E-state index contributed by atoms with van der Waals surface area (Å²) in [4.78, 5) is 13.1. The van der Waals surface area contributed by atoms with Crippen LogP contribution < -0.4 is 5.32 Å². The van der Waals surface area contributed by atoms with E-state index in [0.29, 0.717) is 35.0 Å². The Labute approximate surface area is 194 Å². The number of hydrogen-bond acceptors (Lipinski definition) is 3. The summed E-state index contributed by atoms with van der Waals surface area (Å²) in [5, 5.41) is 3.74. The minimum atomic E-state index is -3.66. The highest BCUT2D eigenvalue weighted by atomic mass is 35.5. The van der Waals surface area contributed by atoms with Crippen molar-refractivity contribution in [3.05, 3.63) is 63.1 Å². The molecule has 1 aliphatic heterocycles. The highest BCUT2D eigenvalue weighted by Gasteiger charge is 2.33. The summed E-state index contributed by atoms with van der Waals surface area (Å²) in [5.74, 6) is -0.815. The molecule has 1 aliphatic rings. The largest absolute Gasteiger partial charge is 0.325 e. The maximum atomic E-state index is 13.1. The predicted molar refractivity (Wildman–Crippen MR) is 127 cm³/mol. The number of para-hydroxylation sites is 1. The molecule has 0 aromatic heterocycles. The molecule has 168 valence electrons. The van der Waals surface area contributed by atoms with Crippen LogP contribution in [0.15, 0.2) is 36.4 Å². The summed E-state index contributed by atoms with van der Waals surface area (Å²) in [5.41, 5.74) is 3.42. The van der Waals surface area contributed by atoms with Crippen LogP contribution in [0.1, 0.15) is 43.4 Å². The summed E-state index contributed by atoms with van der Waals surface area (Å²) in [7, 11) is -3.66. The quantitative estimate of drug-likeness (QED) is 0.581. The molecular formula is C23H28Cl2N2O3S. The number of sulfonamides is 1. The number of carbonyl (C=O) groups is 1. The molecule has 0 saturated carbocycles. The van der Waals surface area contributed by atoms with Gasteiger partial charge in [-0.2, -0.15) is 0 Å². The lowest BCUT2D eigenvalue weighted by molar-refractivity contribution is -0.120. The third-order valence-electron chi connectivity index (χ3n) is 5.78. The average Bonchev–Trinajstić information content (AvgIpc) is 2.76. The number of benzene rings is 2. The molecule has 1 N–H and O–H groups in total. The minimum Gasteiger partial charge on any atom is -0.325 e. The van der Waals surface area contributed by atoms with Crippen molar-refractivity contribution in [3.8, 4) is 0 Å². The van der Waals surface area contributed by atoms with Crippen LogP contribution in [-0.4, -0.2) is 31.7 Å². The first-order valence-electron chi connectivity index (χ1n) is 10.6. The van der Waals surface area contributed by atoms with Gasteiger partial charge in [0.25, 0.3) is 0 Å². The second-order valence-corrected chi connectivity index (χ2v) is 10.6. The Morgan fingerprint density at radius 3 is 2.23 bits per heavy atom. The molecule has 1 fully saturated rings. The van der Waals surface area contributed by atoms with Crippen molar-refractivity contribution in [3.63, 3.8) is 0 Å². The number of hydrogen-bond donors (Lipinski definition) is 1. The Bertz CT molecular complexity index is 1010. The Hall–Kier alpha value is -1.60. The van der Waals surface area contributed by atoms with E-state index in [1.807, 2.05) is 18.2 Å². The van der Waals surface area contributed by atoms with E-state index < -0.39 is 15.9 Å². The van der Waals surface area contributed by atoms with Gasteiger partial charge in [-0.3, -0.25) is 4.79 Å². The normalized spacial score (nSPS) is 17.5. The summed E-state index contributed by atoms with van der Waals surface area (Å²) in [6.45, 7) is 4.66. The van der Waals surface area contributed by atoms with Gasteiger partial charge in [0.1, 0.15) is 0 Å². The van der Waals surface area contributed by atoms with Crippen molar-refractivity contribution >= 4 is 44.8 Å². The van der Waals surface area contributed by atoms with Gasteiger partial charge in [-0.1, -0.05) is 61.3 Å². The molecule has 1 amide bonds. The lowest BCUT2D eigenvalue weighted by Crippen LogP contribution is -2.44. The van der Waals surface area contributed by atoms with Crippen molar-refractivity contribution in [1.29, 1.82) is 0 Å². The number of rotatable bonds is 7. The molecule has 2 aromatic carbocycles. The third kappa shape index (κ3) is 5.61. The third-order valence-corrected chi connectivity index (χ3v) is 8.26. The number of nitrogens with zero attached hydrogens (tertiary/aromatic N) is 1. The van der Waals surface area contributed by atoms with Crippen molar-refractivity contribution in [2.45, 2.75) is 45.3 Å². The monoisotopic (exact) mass is 482 g/mol. The molecule has 0 radical (unpaired) electrons. The number of piperidine rings is 1. The number of carbonyl (C=O) groups excluding carboxylic acids is 1. The van der Waals surface area contributed by atoms with Gasteiger partial charge in [-0.25, -0.2) is 12.7 Å². The summed E-state index contributed by atoms with van der Waals surface area (Å²) < 4.78 is 27.5. The van der Waals surface area contributed by atoms with Gasteiger partial charge in [0.2, 0.25) is 15.9 Å². The van der Waals surface area contributed by atoms with E-state index in [1.54, 1.807) is 18.2 Å². The summed E-state index contributed by atoms with van der Waals surface area (Å²) in [6, 6.07) is 11.0. The first-order valence-corrected chi connectivity index (χ1v) is 13.0. The molecule has 0 bridgehead atoms. The highest BCUT2D eigenvalue weighted by molar-refractivity contribution is 7.88. The topological polar surface area (TPSA) is 66.5 Å².